The fraction of sp³-hybridized carbons (Fsp3) is 0.231. The number of nitrogens with zero attached hydrogens (tertiary/aromatic N) is 3. The van der Waals surface area contributed by atoms with Crippen molar-refractivity contribution in [1.82, 2.24) is 19.3 Å². The van der Waals surface area contributed by atoms with E-state index in [0.717, 1.165) is 16.9 Å². The molecular formula is C13H12ClFN4S. The van der Waals surface area contributed by atoms with Crippen LogP contribution in [0.3, 0.4) is 0 Å². The van der Waals surface area contributed by atoms with Crippen molar-refractivity contribution < 1.29 is 4.39 Å². The summed E-state index contributed by atoms with van der Waals surface area (Å²) in [6.07, 6.45) is 0. The van der Waals surface area contributed by atoms with Crippen molar-refractivity contribution >= 4 is 35.0 Å². The first kappa shape index (κ1) is 13.3. The molecule has 2 heterocycles. The van der Waals surface area contributed by atoms with E-state index in [1.807, 2.05) is 13.8 Å². The molecule has 0 atom stereocenters. The van der Waals surface area contributed by atoms with E-state index >= 15 is 0 Å². The van der Waals surface area contributed by atoms with Gasteiger partial charge in [0.1, 0.15) is 5.52 Å². The Kier molecular flexibility index (Phi) is 3.14. The Morgan fingerprint density at radius 2 is 2.20 bits per heavy atom. The first-order chi connectivity index (χ1) is 9.54. The van der Waals surface area contributed by atoms with Crippen LogP contribution in [0.1, 0.15) is 12.6 Å². The van der Waals surface area contributed by atoms with E-state index in [0.29, 0.717) is 17.0 Å². The summed E-state index contributed by atoms with van der Waals surface area (Å²) in [5.74, 6) is -0.493. The van der Waals surface area contributed by atoms with Crippen LogP contribution in [-0.4, -0.2) is 19.3 Å². The molecule has 0 saturated heterocycles. The lowest BCUT2D eigenvalue weighted by Gasteiger charge is -2.08. The third kappa shape index (κ3) is 1.79. The minimum atomic E-state index is -0.493. The molecule has 4 nitrogen and oxygen atoms in total. The van der Waals surface area contributed by atoms with Crippen LogP contribution < -0.4 is 0 Å². The lowest BCUT2D eigenvalue weighted by molar-refractivity contribution is 0.613. The molecule has 0 aliphatic carbocycles. The van der Waals surface area contributed by atoms with E-state index in [-0.39, 0.29) is 5.02 Å². The van der Waals surface area contributed by atoms with Crippen LogP contribution in [0.4, 0.5) is 4.39 Å². The summed E-state index contributed by atoms with van der Waals surface area (Å²) in [5.41, 5.74) is 2.71. The lowest BCUT2D eigenvalue weighted by Crippen LogP contribution is -2.05. The summed E-state index contributed by atoms with van der Waals surface area (Å²) in [5, 5.41) is 4.48. The predicted molar refractivity (Wildman–Crippen MR) is 79.6 cm³/mol. The van der Waals surface area contributed by atoms with Gasteiger partial charge in [0, 0.05) is 6.54 Å². The molecule has 7 heteroatoms. The molecule has 2 aromatic heterocycles. The number of H-pyrrole nitrogens is 1. The average Bonchev–Trinajstić information content (AvgIpc) is 2.90. The van der Waals surface area contributed by atoms with E-state index in [4.69, 9.17) is 23.8 Å². The fourth-order valence-electron chi connectivity index (χ4n) is 2.31. The highest BCUT2D eigenvalue weighted by molar-refractivity contribution is 7.71. The van der Waals surface area contributed by atoms with E-state index in [9.17, 15) is 4.39 Å². The van der Waals surface area contributed by atoms with Gasteiger partial charge in [0.05, 0.1) is 16.4 Å². The van der Waals surface area contributed by atoms with Crippen LogP contribution in [0.15, 0.2) is 18.2 Å². The number of hydrogen-bond acceptors (Lipinski definition) is 2. The second-order valence-corrected chi connectivity index (χ2v) is 5.23. The number of aromatic amines is 1. The van der Waals surface area contributed by atoms with Crippen molar-refractivity contribution in [3.05, 3.63) is 39.5 Å². The highest BCUT2D eigenvalue weighted by Crippen LogP contribution is 2.26. The lowest BCUT2D eigenvalue weighted by atomic mass is 10.3. The summed E-state index contributed by atoms with van der Waals surface area (Å²) in [4.78, 5) is 3.08. The number of imidazole rings is 1. The maximum Gasteiger partial charge on any atom is 0.184 e. The normalized spacial score (nSPS) is 11.4. The van der Waals surface area contributed by atoms with Crippen LogP contribution in [0.25, 0.3) is 16.9 Å². The third-order valence-corrected chi connectivity index (χ3v) is 3.80. The molecular weight excluding hydrogens is 299 g/mol. The molecule has 1 aromatic carbocycles. The summed E-state index contributed by atoms with van der Waals surface area (Å²) in [6, 6.07) is 4.85. The largest absolute Gasteiger partial charge is 0.327 e. The molecule has 0 radical (unpaired) electrons. The van der Waals surface area contributed by atoms with Crippen LogP contribution in [0, 0.1) is 17.5 Å². The first-order valence-electron chi connectivity index (χ1n) is 6.17. The molecule has 20 heavy (non-hydrogen) atoms. The Morgan fingerprint density at radius 1 is 1.45 bits per heavy atom. The van der Waals surface area contributed by atoms with E-state index in [1.165, 1.54) is 6.07 Å². The summed E-state index contributed by atoms with van der Waals surface area (Å²) >= 11 is 11.2. The Balaban J connectivity index is 2.44. The zero-order chi connectivity index (χ0) is 14.4. The van der Waals surface area contributed by atoms with E-state index in [2.05, 4.69) is 10.1 Å². The quantitative estimate of drug-likeness (QED) is 0.726. The molecule has 0 aliphatic heterocycles. The fourth-order valence-corrected chi connectivity index (χ4v) is 2.77. The molecule has 104 valence electrons. The number of benzene rings is 1. The summed E-state index contributed by atoms with van der Waals surface area (Å²) in [7, 11) is 0. The second kappa shape index (κ2) is 4.71. The predicted octanol–water partition coefficient (Wildman–Crippen LogP) is 4.01. The Morgan fingerprint density at radius 3 is 2.90 bits per heavy atom. The van der Waals surface area contributed by atoms with Gasteiger partial charge < -0.3 is 4.98 Å². The molecule has 3 rings (SSSR count). The molecule has 3 aromatic rings. The molecule has 0 unspecified atom stereocenters. The van der Waals surface area contributed by atoms with Gasteiger partial charge in [-0.3, -0.25) is 4.57 Å². The summed E-state index contributed by atoms with van der Waals surface area (Å²) < 4.78 is 18.1. The molecule has 0 amide bonds. The maximum atomic E-state index is 14.3. The van der Waals surface area contributed by atoms with Gasteiger partial charge in [0.15, 0.2) is 16.2 Å². The zero-order valence-corrected chi connectivity index (χ0v) is 12.5. The topological polar surface area (TPSA) is 38.5 Å². The number of halogens is 2. The van der Waals surface area contributed by atoms with Crippen molar-refractivity contribution in [2.75, 3.05) is 0 Å². The van der Waals surface area contributed by atoms with Crippen LogP contribution >= 0.6 is 23.8 Å². The first-order valence-corrected chi connectivity index (χ1v) is 6.95. The number of hydrogen-bond donors (Lipinski definition) is 1. The smallest absolute Gasteiger partial charge is 0.184 e. The summed E-state index contributed by atoms with van der Waals surface area (Å²) in [6.45, 7) is 4.53. The van der Waals surface area contributed by atoms with Gasteiger partial charge in [0.2, 0.25) is 0 Å². The van der Waals surface area contributed by atoms with Gasteiger partial charge in [-0.1, -0.05) is 17.7 Å². The zero-order valence-electron chi connectivity index (χ0n) is 10.9. The molecule has 0 aliphatic rings. The van der Waals surface area contributed by atoms with Gasteiger partial charge >= 0.3 is 0 Å². The Labute approximate surface area is 124 Å². The number of aryl methyl sites for hydroxylation is 2. The standard InChI is InChI=1S/C13H12ClFN4S/c1-3-18-12-11(7(2)17-18)16-13(20)19(12)9-6-4-5-8(14)10(9)15/h4-6H,3H2,1-2H3,(H,16,20). The van der Waals surface area contributed by atoms with Crippen molar-refractivity contribution in [3.8, 4) is 5.69 Å². The molecule has 0 spiro atoms. The third-order valence-electron chi connectivity index (χ3n) is 3.22. The van der Waals surface area contributed by atoms with Gasteiger partial charge in [0.25, 0.3) is 0 Å². The van der Waals surface area contributed by atoms with Gasteiger partial charge in [-0.15, -0.1) is 0 Å². The Hall–Kier alpha value is -1.66. The van der Waals surface area contributed by atoms with Crippen LogP contribution in [0.5, 0.6) is 0 Å². The monoisotopic (exact) mass is 310 g/mol. The van der Waals surface area contributed by atoms with E-state index in [1.54, 1.807) is 21.4 Å². The van der Waals surface area contributed by atoms with E-state index < -0.39 is 5.82 Å². The highest BCUT2D eigenvalue weighted by Gasteiger charge is 2.18. The molecule has 0 saturated carbocycles. The molecule has 1 N–H and O–H groups in total. The van der Waals surface area contributed by atoms with Crippen LogP contribution in [0.2, 0.25) is 5.02 Å². The highest BCUT2D eigenvalue weighted by atomic mass is 35.5. The maximum absolute atomic E-state index is 14.3. The Bertz CT molecular complexity index is 861. The number of aromatic nitrogens is 4. The second-order valence-electron chi connectivity index (χ2n) is 4.44. The van der Waals surface area contributed by atoms with Crippen molar-refractivity contribution in [2.24, 2.45) is 0 Å². The molecule has 0 fully saturated rings. The van der Waals surface area contributed by atoms with Crippen molar-refractivity contribution in [1.29, 1.82) is 0 Å². The number of nitrogens with one attached hydrogen (secondary N) is 1. The SMILES string of the molecule is CCn1nc(C)c2[nH]c(=S)n(-c3cccc(Cl)c3F)c21. The van der Waals surface area contributed by atoms with Crippen molar-refractivity contribution in [2.45, 2.75) is 20.4 Å². The number of fused-ring (bicyclic) bond motifs is 1. The minimum absolute atomic E-state index is 0.0676. The van der Waals surface area contributed by atoms with Gasteiger partial charge in [-0.05, 0) is 38.2 Å². The average molecular weight is 311 g/mol. The van der Waals surface area contributed by atoms with Gasteiger partial charge in [-0.2, -0.15) is 5.10 Å². The van der Waals surface area contributed by atoms with Crippen LogP contribution in [-0.2, 0) is 6.54 Å². The number of rotatable bonds is 2. The minimum Gasteiger partial charge on any atom is -0.327 e. The van der Waals surface area contributed by atoms with Gasteiger partial charge in [-0.25, -0.2) is 9.07 Å². The molecule has 0 bridgehead atoms. The van der Waals surface area contributed by atoms with Crippen molar-refractivity contribution in [3.63, 3.8) is 0 Å².